The number of fused-ring (bicyclic) bond motifs is 2. The van der Waals surface area contributed by atoms with E-state index in [-0.39, 0.29) is 21.8 Å². The predicted molar refractivity (Wildman–Crippen MR) is 119 cm³/mol. The minimum absolute atomic E-state index is 0.0339. The molecule has 37 heavy (non-hydrogen) atoms. The van der Waals surface area contributed by atoms with Gasteiger partial charge in [0.2, 0.25) is 5.91 Å². The van der Waals surface area contributed by atoms with E-state index in [9.17, 15) is 40.4 Å². The van der Waals surface area contributed by atoms with Crippen molar-refractivity contribution in [3.63, 3.8) is 0 Å². The molecule has 1 unspecified atom stereocenters. The molecule has 2 aliphatic heterocycles. The van der Waals surface area contributed by atoms with Gasteiger partial charge in [0.25, 0.3) is 5.91 Å². The normalized spacial score (nSPS) is 21.1. The Labute approximate surface area is 208 Å². The molecule has 1 spiro atoms. The Hall–Kier alpha value is -3.68. The second kappa shape index (κ2) is 9.01. The molecule has 1 saturated heterocycles. The number of sulfone groups is 1. The van der Waals surface area contributed by atoms with E-state index in [4.69, 9.17) is 4.74 Å². The van der Waals surface area contributed by atoms with Gasteiger partial charge in [-0.05, 0) is 36.8 Å². The fourth-order valence-corrected chi connectivity index (χ4v) is 6.31. The summed E-state index contributed by atoms with van der Waals surface area (Å²) in [5.41, 5.74) is -1.88. The topological polar surface area (TPSA) is 113 Å². The number of nitrogens with zero attached hydrogens (tertiary/aromatic N) is 2. The number of benzene rings is 2. The maximum Gasteiger partial charge on any atom is 0.408 e. The Balaban J connectivity index is 1.64. The summed E-state index contributed by atoms with van der Waals surface area (Å²) in [6.45, 7) is -0.910. The summed E-state index contributed by atoms with van der Waals surface area (Å²) in [4.78, 5) is 39.8. The van der Waals surface area contributed by atoms with Gasteiger partial charge in [0, 0.05) is 12.1 Å². The number of hydrogen-bond acceptors (Lipinski definition) is 6. The second-order valence-electron chi connectivity index (χ2n) is 8.71. The SMILES string of the molecule is COc1ccc2c(c1)S(=O)(=O)CC21NC(=O)N(CC(=O)N(Cc2ccc(F)cc2)[C@@H](C)C(F)(F)F)C1=O. The summed E-state index contributed by atoms with van der Waals surface area (Å²) in [6.07, 6.45) is -4.84. The minimum atomic E-state index is -4.84. The molecule has 4 rings (SSSR count). The minimum Gasteiger partial charge on any atom is -0.497 e. The highest BCUT2D eigenvalue weighted by atomic mass is 32.2. The molecule has 0 saturated carbocycles. The van der Waals surface area contributed by atoms with Crippen molar-refractivity contribution in [2.24, 2.45) is 0 Å². The number of urea groups is 1. The molecule has 0 aromatic heterocycles. The lowest BCUT2D eigenvalue weighted by Crippen LogP contribution is -2.51. The lowest BCUT2D eigenvalue weighted by molar-refractivity contribution is -0.187. The van der Waals surface area contributed by atoms with E-state index in [2.05, 4.69) is 5.32 Å². The third-order valence-electron chi connectivity index (χ3n) is 6.39. The molecule has 2 heterocycles. The van der Waals surface area contributed by atoms with Crippen LogP contribution in [0.3, 0.4) is 0 Å². The van der Waals surface area contributed by atoms with Gasteiger partial charge in [0.1, 0.15) is 24.2 Å². The molecule has 0 radical (unpaired) electrons. The standard InChI is InChI=1S/C23H21F4N3O6S/c1-13(23(25,26)27)29(10-14-3-5-15(24)6-4-14)19(31)11-30-20(32)22(28-21(30)33)12-37(34,35)18-9-16(36-2)7-8-17(18)22/h3-9,13H,10-12H2,1-2H3,(H,28,33)/t13-,22?/m0/s1. The van der Waals surface area contributed by atoms with Crippen molar-refractivity contribution >= 4 is 27.7 Å². The highest BCUT2D eigenvalue weighted by Gasteiger charge is 2.60. The van der Waals surface area contributed by atoms with Crippen LogP contribution in [0.2, 0.25) is 0 Å². The smallest absolute Gasteiger partial charge is 0.408 e. The number of carbonyl (C=O) groups excluding carboxylic acids is 3. The van der Waals surface area contributed by atoms with Crippen molar-refractivity contribution in [2.45, 2.75) is 36.1 Å². The van der Waals surface area contributed by atoms with Crippen LogP contribution in [0.5, 0.6) is 5.75 Å². The monoisotopic (exact) mass is 543 g/mol. The van der Waals surface area contributed by atoms with Gasteiger partial charge in [-0.3, -0.25) is 14.5 Å². The molecule has 4 amide bonds. The molecular formula is C23H21F4N3O6S. The van der Waals surface area contributed by atoms with Crippen molar-refractivity contribution in [1.82, 2.24) is 15.1 Å². The van der Waals surface area contributed by atoms with Crippen molar-refractivity contribution in [2.75, 3.05) is 19.4 Å². The number of carbonyl (C=O) groups is 3. The van der Waals surface area contributed by atoms with Crippen LogP contribution in [0.25, 0.3) is 0 Å². The average Bonchev–Trinajstić information content (AvgIpc) is 3.20. The quantitative estimate of drug-likeness (QED) is 0.442. The predicted octanol–water partition coefficient (Wildman–Crippen LogP) is 2.35. The average molecular weight is 543 g/mol. The molecule has 198 valence electrons. The summed E-state index contributed by atoms with van der Waals surface area (Å²) in [7, 11) is -2.73. The lowest BCUT2D eigenvalue weighted by Gasteiger charge is -2.32. The summed E-state index contributed by atoms with van der Waals surface area (Å²) < 4.78 is 84.5. The molecule has 2 atom stereocenters. The molecule has 2 aromatic rings. The third kappa shape index (κ3) is 4.61. The van der Waals surface area contributed by atoms with Crippen molar-refractivity contribution in [3.8, 4) is 5.75 Å². The fourth-order valence-electron chi connectivity index (χ4n) is 4.36. The first-order valence-corrected chi connectivity index (χ1v) is 12.5. The number of amides is 4. The number of nitrogens with one attached hydrogen (secondary N) is 1. The largest absolute Gasteiger partial charge is 0.497 e. The van der Waals surface area contributed by atoms with E-state index in [0.29, 0.717) is 9.80 Å². The van der Waals surface area contributed by atoms with Gasteiger partial charge in [-0.25, -0.2) is 17.6 Å². The van der Waals surface area contributed by atoms with E-state index >= 15 is 0 Å². The summed E-state index contributed by atoms with van der Waals surface area (Å²) >= 11 is 0. The maximum absolute atomic E-state index is 13.6. The molecule has 0 aliphatic carbocycles. The molecule has 9 nitrogen and oxygen atoms in total. The van der Waals surface area contributed by atoms with Crippen LogP contribution in [0, 0.1) is 5.82 Å². The van der Waals surface area contributed by atoms with Crippen LogP contribution in [0.4, 0.5) is 22.4 Å². The Morgan fingerprint density at radius 2 is 1.84 bits per heavy atom. The van der Waals surface area contributed by atoms with Crippen LogP contribution < -0.4 is 10.1 Å². The van der Waals surface area contributed by atoms with Crippen molar-refractivity contribution in [3.05, 3.63) is 59.4 Å². The number of halogens is 4. The number of hydrogen-bond donors (Lipinski definition) is 1. The first kappa shape index (κ1) is 26.4. The molecule has 0 bridgehead atoms. The van der Waals surface area contributed by atoms with E-state index < -0.39 is 70.1 Å². The fraction of sp³-hybridized carbons (Fsp3) is 0.348. The number of methoxy groups -OCH3 is 1. The van der Waals surface area contributed by atoms with E-state index in [1.165, 1.54) is 37.4 Å². The maximum atomic E-state index is 13.6. The number of alkyl halides is 3. The highest BCUT2D eigenvalue weighted by Crippen LogP contribution is 2.43. The number of rotatable bonds is 6. The van der Waals surface area contributed by atoms with Gasteiger partial charge in [-0.2, -0.15) is 13.2 Å². The first-order valence-electron chi connectivity index (χ1n) is 10.9. The van der Waals surface area contributed by atoms with Gasteiger partial charge in [-0.1, -0.05) is 18.2 Å². The van der Waals surface area contributed by atoms with Crippen LogP contribution >= 0.6 is 0 Å². The van der Waals surface area contributed by atoms with Gasteiger partial charge < -0.3 is 15.0 Å². The second-order valence-corrected chi connectivity index (χ2v) is 10.7. The van der Waals surface area contributed by atoms with E-state index in [0.717, 1.165) is 19.1 Å². The first-order chi connectivity index (χ1) is 17.2. The summed E-state index contributed by atoms with van der Waals surface area (Å²) in [5.74, 6) is -3.55. The van der Waals surface area contributed by atoms with E-state index in [1.807, 2.05) is 0 Å². The number of imide groups is 1. The zero-order valence-electron chi connectivity index (χ0n) is 19.5. The molecule has 1 fully saturated rings. The van der Waals surface area contributed by atoms with E-state index in [1.54, 1.807) is 0 Å². The zero-order valence-corrected chi connectivity index (χ0v) is 20.3. The third-order valence-corrected chi connectivity index (χ3v) is 8.21. The molecule has 2 aromatic carbocycles. The highest BCUT2D eigenvalue weighted by molar-refractivity contribution is 7.91. The molecule has 14 heteroatoms. The van der Waals surface area contributed by atoms with Crippen molar-refractivity contribution < 1.29 is 45.1 Å². The summed E-state index contributed by atoms with van der Waals surface area (Å²) in [5, 5.41) is 2.32. The lowest BCUT2D eigenvalue weighted by atomic mass is 9.92. The molecule has 1 N–H and O–H groups in total. The Morgan fingerprint density at radius 3 is 2.43 bits per heavy atom. The molecular weight excluding hydrogens is 522 g/mol. The Kier molecular flexibility index (Phi) is 6.42. The number of ether oxygens (including phenoxy) is 1. The van der Waals surface area contributed by atoms with Crippen LogP contribution in [-0.2, 0) is 31.5 Å². The van der Waals surface area contributed by atoms with Crippen molar-refractivity contribution in [1.29, 1.82) is 0 Å². The van der Waals surface area contributed by atoms with Gasteiger partial charge >= 0.3 is 12.2 Å². The van der Waals surface area contributed by atoms with Crippen LogP contribution in [0.1, 0.15) is 18.1 Å². The van der Waals surface area contributed by atoms with Crippen LogP contribution in [-0.4, -0.2) is 67.7 Å². The molecule has 2 aliphatic rings. The summed E-state index contributed by atoms with van der Waals surface area (Å²) in [6, 6.07) is 4.90. The van der Waals surface area contributed by atoms with Gasteiger partial charge in [0.15, 0.2) is 15.4 Å². The van der Waals surface area contributed by atoms with Gasteiger partial charge in [-0.15, -0.1) is 0 Å². The Morgan fingerprint density at radius 1 is 1.19 bits per heavy atom. The zero-order chi connectivity index (χ0) is 27.3. The Bertz CT molecular complexity index is 1380. The van der Waals surface area contributed by atoms with Crippen LogP contribution in [0.15, 0.2) is 47.4 Å². The van der Waals surface area contributed by atoms with Gasteiger partial charge in [0.05, 0.1) is 17.8 Å².